The highest BCUT2D eigenvalue weighted by molar-refractivity contribution is 7.99. The summed E-state index contributed by atoms with van der Waals surface area (Å²) in [7, 11) is 0. The zero-order chi connectivity index (χ0) is 17.1. The molecule has 0 aliphatic rings. The van der Waals surface area contributed by atoms with Crippen LogP contribution in [0.4, 0.5) is 5.69 Å². The smallest absolute Gasteiger partial charge is 0.234 e. The van der Waals surface area contributed by atoms with Crippen LogP contribution >= 0.6 is 35.0 Å². The van der Waals surface area contributed by atoms with Crippen molar-refractivity contribution in [1.29, 1.82) is 0 Å². The van der Waals surface area contributed by atoms with Gasteiger partial charge < -0.3 is 5.32 Å². The molecule has 3 aromatic rings. The van der Waals surface area contributed by atoms with Gasteiger partial charge in [-0.15, -0.1) is 10.2 Å². The second-order valence-corrected chi connectivity index (χ2v) is 6.86. The predicted octanol–water partition coefficient (Wildman–Crippen LogP) is 4.33. The Balaban J connectivity index is 1.66. The van der Waals surface area contributed by atoms with E-state index in [9.17, 15) is 4.79 Å². The summed E-state index contributed by atoms with van der Waals surface area (Å²) in [5, 5.41) is 12.4. The molecule has 3 rings (SSSR count). The SMILES string of the molecule is CCc1ccc(NC(=O)CSc2nnc3c(Cl)cc(Cl)cn23)cc1. The van der Waals surface area contributed by atoms with Crippen molar-refractivity contribution in [2.24, 2.45) is 0 Å². The van der Waals surface area contributed by atoms with E-state index >= 15 is 0 Å². The van der Waals surface area contributed by atoms with Crippen molar-refractivity contribution in [3.05, 3.63) is 52.1 Å². The number of benzene rings is 1. The van der Waals surface area contributed by atoms with Crippen LogP contribution in [-0.2, 0) is 11.2 Å². The molecule has 124 valence electrons. The number of fused-ring (bicyclic) bond motifs is 1. The normalized spacial score (nSPS) is 11.0. The van der Waals surface area contributed by atoms with Crippen LogP contribution in [0.25, 0.3) is 5.65 Å². The maximum atomic E-state index is 12.1. The van der Waals surface area contributed by atoms with Crippen molar-refractivity contribution in [2.45, 2.75) is 18.5 Å². The highest BCUT2D eigenvalue weighted by Gasteiger charge is 2.12. The number of aryl methyl sites for hydroxylation is 1. The molecular formula is C16H14Cl2N4OS. The number of hydrogen-bond acceptors (Lipinski definition) is 4. The topological polar surface area (TPSA) is 59.3 Å². The first-order valence-corrected chi connectivity index (χ1v) is 9.02. The Kier molecular flexibility index (Phi) is 5.28. The lowest BCUT2D eigenvalue weighted by molar-refractivity contribution is -0.113. The molecule has 1 amide bonds. The van der Waals surface area contributed by atoms with Crippen molar-refractivity contribution < 1.29 is 4.79 Å². The molecule has 1 N–H and O–H groups in total. The summed E-state index contributed by atoms with van der Waals surface area (Å²) in [6, 6.07) is 9.40. The summed E-state index contributed by atoms with van der Waals surface area (Å²) in [6.07, 6.45) is 2.64. The van der Waals surface area contributed by atoms with Crippen molar-refractivity contribution >= 4 is 52.2 Å². The molecule has 0 atom stereocenters. The van der Waals surface area contributed by atoms with Gasteiger partial charge in [-0.3, -0.25) is 9.20 Å². The number of pyridine rings is 1. The van der Waals surface area contributed by atoms with E-state index in [-0.39, 0.29) is 11.7 Å². The highest BCUT2D eigenvalue weighted by atomic mass is 35.5. The third-order valence-corrected chi connectivity index (χ3v) is 4.80. The van der Waals surface area contributed by atoms with Gasteiger partial charge in [0.25, 0.3) is 0 Å². The fourth-order valence-corrected chi connectivity index (χ4v) is 3.37. The van der Waals surface area contributed by atoms with Gasteiger partial charge in [-0.2, -0.15) is 0 Å². The summed E-state index contributed by atoms with van der Waals surface area (Å²) in [5.41, 5.74) is 2.51. The molecule has 2 aromatic heterocycles. The Morgan fingerprint density at radius 2 is 2.00 bits per heavy atom. The number of thioether (sulfide) groups is 1. The summed E-state index contributed by atoms with van der Waals surface area (Å²) in [4.78, 5) is 12.1. The van der Waals surface area contributed by atoms with E-state index in [0.717, 1.165) is 12.1 Å². The monoisotopic (exact) mass is 380 g/mol. The minimum atomic E-state index is -0.117. The molecular weight excluding hydrogens is 367 g/mol. The van der Waals surface area contributed by atoms with Crippen LogP contribution < -0.4 is 5.32 Å². The molecule has 1 aromatic carbocycles. The number of rotatable bonds is 5. The molecule has 0 unspecified atom stereocenters. The van der Waals surface area contributed by atoms with Gasteiger partial charge in [0, 0.05) is 11.9 Å². The number of amides is 1. The van der Waals surface area contributed by atoms with Crippen molar-refractivity contribution in [2.75, 3.05) is 11.1 Å². The van der Waals surface area contributed by atoms with Gasteiger partial charge in [0.1, 0.15) is 0 Å². The van der Waals surface area contributed by atoms with Gasteiger partial charge in [-0.1, -0.05) is 54.0 Å². The molecule has 0 spiro atoms. The van der Waals surface area contributed by atoms with E-state index in [0.29, 0.717) is 20.8 Å². The molecule has 0 aliphatic heterocycles. The van der Waals surface area contributed by atoms with E-state index < -0.39 is 0 Å². The van der Waals surface area contributed by atoms with E-state index in [4.69, 9.17) is 23.2 Å². The van der Waals surface area contributed by atoms with Gasteiger partial charge in [-0.25, -0.2) is 0 Å². The van der Waals surface area contributed by atoms with Gasteiger partial charge in [0.15, 0.2) is 10.8 Å². The minimum Gasteiger partial charge on any atom is -0.325 e. The molecule has 0 fully saturated rings. The number of halogens is 2. The molecule has 8 heteroatoms. The molecule has 5 nitrogen and oxygen atoms in total. The summed E-state index contributed by atoms with van der Waals surface area (Å²) in [5.74, 6) is 0.0922. The maximum absolute atomic E-state index is 12.1. The second-order valence-electron chi connectivity index (χ2n) is 5.07. The minimum absolute atomic E-state index is 0.117. The van der Waals surface area contributed by atoms with Crippen LogP contribution in [0, 0.1) is 0 Å². The van der Waals surface area contributed by atoms with Crippen LogP contribution in [0.5, 0.6) is 0 Å². The number of anilines is 1. The Morgan fingerprint density at radius 1 is 1.25 bits per heavy atom. The third kappa shape index (κ3) is 3.83. The zero-order valence-electron chi connectivity index (χ0n) is 12.8. The van der Waals surface area contributed by atoms with Gasteiger partial charge in [-0.05, 0) is 30.2 Å². The molecule has 24 heavy (non-hydrogen) atoms. The average molecular weight is 381 g/mol. The third-order valence-electron chi connectivity index (χ3n) is 3.37. The number of aromatic nitrogens is 3. The van der Waals surface area contributed by atoms with Crippen molar-refractivity contribution in [3.8, 4) is 0 Å². The lowest BCUT2D eigenvalue weighted by atomic mass is 10.1. The molecule has 0 aliphatic carbocycles. The highest BCUT2D eigenvalue weighted by Crippen LogP contribution is 2.25. The van der Waals surface area contributed by atoms with Crippen LogP contribution in [-0.4, -0.2) is 26.3 Å². The van der Waals surface area contributed by atoms with Crippen molar-refractivity contribution in [3.63, 3.8) is 0 Å². The fraction of sp³-hybridized carbons (Fsp3) is 0.188. The molecule has 0 radical (unpaired) electrons. The van der Waals surface area contributed by atoms with Crippen LogP contribution in [0.1, 0.15) is 12.5 Å². The molecule has 0 saturated carbocycles. The number of nitrogens with one attached hydrogen (secondary N) is 1. The second kappa shape index (κ2) is 7.42. The Hall–Kier alpha value is -1.76. The summed E-state index contributed by atoms with van der Waals surface area (Å²) >= 11 is 13.3. The number of carbonyl (C=O) groups is 1. The maximum Gasteiger partial charge on any atom is 0.234 e. The number of nitrogens with zero attached hydrogens (tertiary/aromatic N) is 3. The van der Waals surface area contributed by atoms with E-state index in [1.807, 2.05) is 24.3 Å². The van der Waals surface area contributed by atoms with Gasteiger partial charge in [0.2, 0.25) is 5.91 Å². The standard InChI is InChI=1S/C16H14Cl2N4OS/c1-2-10-3-5-12(6-4-10)19-14(23)9-24-16-21-20-15-13(18)7-11(17)8-22(15)16/h3-8H,2,9H2,1H3,(H,19,23). The van der Waals surface area contributed by atoms with Gasteiger partial charge >= 0.3 is 0 Å². The van der Waals surface area contributed by atoms with Crippen LogP contribution in [0.15, 0.2) is 41.7 Å². The summed E-state index contributed by atoms with van der Waals surface area (Å²) < 4.78 is 1.68. The number of hydrogen-bond donors (Lipinski definition) is 1. The first kappa shape index (κ1) is 17.1. The lowest BCUT2D eigenvalue weighted by Crippen LogP contribution is -2.14. The van der Waals surface area contributed by atoms with E-state index in [2.05, 4.69) is 22.4 Å². The molecule has 0 saturated heterocycles. The predicted molar refractivity (Wildman–Crippen MR) is 98.2 cm³/mol. The zero-order valence-corrected chi connectivity index (χ0v) is 15.1. The Morgan fingerprint density at radius 3 is 2.71 bits per heavy atom. The van der Waals surface area contributed by atoms with Crippen LogP contribution in [0.2, 0.25) is 10.0 Å². The van der Waals surface area contributed by atoms with E-state index in [1.165, 1.54) is 17.3 Å². The van der Waals surface area contributed by atoms with Crippen molar-refractivity contribution in [1.82, 2.24) is 14.6 Å². The van der Waals surface area contributed by atoms with Gasteiger partial charge in [0.05, 0.1) is 15.8 Å². The Labute approximate surface area is 153 Å². The molecule has 2 heterocycles. The quantitative estimate of drug-likeness (QED) is 0.669. The average Bonchev–Trinajstić information content (AvgIpc) is 2.97. The Bertz CT molecular complexity index is 880. The lowest BCUT2D eigenvalue weighted by Gasteiger charge is -2.05. The molecule has 0 bridgehead atoms. The largest absolute Gasteiger partial charge is 0.325 e. The first-order chi connectivity index (χ1) is 11.6. The fourth-order valence-electron chi connectivity index (χ4n) is 2.15. The summed E-state index contributed by atoms with van der Waals surface area (Å²) in [6.45, 7) is 2.09. The van der Waals surface area contributed by atoms with Crippen LogP contribution in [0.3, 0.4) is 0 Å². The van der Waals surface area contributed by atoms with E-state index in [1.54, 1.807) is 16.7 Å². The first-order valence-electron chi connectivity index (χ1n) is 7.28. The number of carbonyl (C=O) groups excluding carboxylic acids is 1.